The Hall–Kier alpha value is -2.57. The normalized spacial score (nSPS) is 15.6. The molecular formula is C32H54N6. The number of benzene rings is 1. The third kappa shape index (κ3) is 11.9. The van der Waals surface area contributed by atoms with Crippen LogP contribution in [0.2, 0.25) is 0 Å². The minimum atomic E-state index is 0.788. The summed E-state index contributed by atoms with van der Waals surface area (Å²) in [4.78, 5) is 10.2. The molecule has 0 spiro atoms. The van der Waals surface area contributed by atoms with Gasteiger partial charge in [-0.15, -0.1) is 0 Å². The summed E-state index contributed by atoms with van der Waals surface area (Å²) in [5.74, 6) is 0.901. The molecule has 6 nitrogen and oxygen atoms in total. The number of piperazine rings is 1. The summed E-state index contributed by atoms with van der Waals surface area (Å²) in [7, 11) is 1.91. The van der Waals surface area contributed by atoms with Crippen LogP contribution in [0.1, 0.15) is 70.4 Å². The van der Waals surface area contributed by atoms with Crippen LogP contribution in [-0.4, -0.2) is 68.5 Å². The van der Waals surface area contributed by atoms with Gasteiger partial charge in [0.1, 0.15) is 0 Å². The van der Waals surface area contributed by atoms with Crippen LogP contribution in [0.3, 0.4) is 0 Å². The van der Waals surface area contributed by atoms with Gasteiger partial charge in [-0.1, -0.05) is 70.5 Å². The highest BCUT2D eigenvalue weighted by molar-refractivity contribution is 5.80. The van der Waals surface area contributed by atoms with Crippen LogP contribution in [0, 0.1) is 0 Å². The second-order valence-corrected chi connectivity index (χ2v) is 10.4. The average Bonchev–Trinajstić information content (AvgIpc) is 2.93. The fraction of sp³-hybridized carbons (Fsp3) is 0.594. The standard InChI is InChI=1S/C32H54N6/c1-7-10-12-20-37-21-23-38(24-22-37)26-30-15-13-29(14-16-30)25-31(27(4)35-18-11-8-2)32(17-19-34-9-3)36-28(5)33-6/h9,13-16,34-35H,3-4,7-8,10-12,17-26H2,1-2,5-6H3,(H,33,36)/b32-31-. The van der Waals surface area contributed by atoms with E-state index in [1.54, 1.807) is 6.20 Å². The predicted molar refractivity (Wildman–Crippen MR) is 165 cm³/mol. The van der Waals surface area contributed by atoms with Crippen molar-refractivity contribution in [3.8, 4) is 0 Å². The number of aliphatic imine (C=N–C) groups is 1. The Morgan fingerprint density at radius 1 is 0.947 bits per heavy atom. The van der Waals surface area contributed by atoms with Gasteiger partial charge in [0.2, 0.25) is 0 Å². The van der Waals surface area contributed by atoms with Crippen LogP contribution < -0.4 is 16.0 Å². The van der Waals surface area contributed by atoms with E-state index in [1.807, 2.05) is 14.0 Å². The van der Waals surface area contributed by atoms with Gasteiger partial charge >= 0.3 is 0 Å². The molecule has 0 amide bonds. The number of rotatable bonds is 18. The van der Waals surface area contributed by atoms with E-state index < -0.39 is 0 Å². The first-order valence-electron chi connectivity index (χ1n) is 14.8. The van der Waals surface area contributed by atoms with Gasteiger partial charge in [-0.05, 0) is 43.6 Å². The van der Waals surface area contributed by atoms with Gasteiger partial charge in [-0.25, -0.2) is 4.99 Å². The van der Waals surface area contributed by atoms with Gasteiger partial charge in [-0.2, -0.15) is 0 Å². The van der Waals surface area contributed by atoms with E-state index in [0.717, 1.165) is 75.6 Å². The zero-order valence-corrected chi connectivity index (χ0v) is 24.7. The van der Waals surface area contributed by atoms with E-state index in [4.69, 9.17) is 4.99 Å². The first-order valence-corrected chi connectivity index (χ1v) is 14.8. The molecule has 38 heavy (non-hydrogen) atoms. The number of nitrogens with one attached hydrogen (secondary N) is 3. The molecule has 0 radical (unpaired) electrons. The molecule has 3 N–H and O–H groups in total. The molecule has 1 fully saturated rings. The van der Waals surface area contributed by atoms with Crippen LogP contribution in [0.25, 0.3) is 0 Å². The van der Waals surface area contributed by atoms with Gasteiger partial charge in [0, 0.05) is 82.7 Å². The van der Waals surface area contributed by atoms with Crippen molar-refractivity contribution in [1.29, 1.82) is 0 Å². The van der Waals surface area contributed by atoms with Crippen molar-refractivity contribution in [1.82, 2.24) is 25.8 Å². The van der Waals surface area contributed by atoms with Crippen molar-refractivity contribution >= 4 is 5.84 Å². The minimum absolute atomic E-state index is 0.788. The van der Waals surface area contributed by atoms with Crippen LogP contribution in [0.4, 0.5) is 0 Å². The fourth-order valence-corrected chi connectivity index (χ4v) is 4.71. The van der Waals surface area contributed by atoms with Gasteiger partial charge in [0.25, 0.3) is 0 Å². The van der Waals surface area contributed by atoms with Gasteiger partial charge in [0.15, 0.2) is 0 Å². The van der Waals surface area contributed by atoms with E-state index in [9.17, 15) is 0 Å². The smallest absolute Gasteiger partial charge is 0.0984 e. The van der Waals surface area contributed by atoms with E-state index in [0.29, 0.717) is 0 Å². The molecule has 0 aromatic heterocycles. The number of hydrogen-bond acceptors (Lipinski definition) is 5. The summed E-state index contributed by atoms with van der Waals surface area (Å²) in [5, 5.41) is 9.96. The van der Waals surface area contributed by atoms with E-state index >= 15 is 0 Å². The quantitative estimate of drug-likeness (QED) is 0.104. The van der Waals surface area contributed by atoms with Crippen molar-refractivity contribution in [2.24, 2.45) is 4.99 Å². The highest BCUT2D eigenvalue weighted by Gasteiger charge is 2.17. The summed E-state index contributed by atoms with van der Waals surface area (Å²) in [6.07, 6.45) is 9.61. The summed E-state index contributed by atoms with van der Waals surface area (Å²) in [5.41, 5.74) is 5.88. The lowest BCUT2D eigenvalue weighted by Crippen LogP contribution is -2.46. The molecule has 0 bridgehead atoms. The van der Waals surface area contributed by atoms with E-state index in [-0.39, 0.29) is 0 Å². The molecule has 1 aliphatic rings. The largest absolute Gasteiger partial charge is 0.391 e. The zero-order chi connectivity index (χ0) is 27.6. The molecule has 0 unspecified atom stereocenters. The Labute approximate surface area is 233 Å². The molecule has 1 saturated heterocycles. The van der Waals surface area contributed by atoms with Crippen LogP contribution >= 0.6 is 0 Å². The van der Waals surface area contributed by atoms with Crippen molar-refractivity contribution < 1.29 is 0 Å². The molecule has 2 rings (SSSR count). The summed E-state index contributed by atoms with van der Waals surface area (Å²) < 4.78 is 0. The first-order chi connectivity index (χ1) is 18.5. The maximum Gasteiger partial charge on any atom is 0.0984 e. The topological polar surface area (TPSA) is 54.9 Å². The molecule has 212 valence electrons. The third-order valence-electron chi connectivity index (χ3n) is 7.25. The molecular weight excluding hydrogens is 468 g/mol. The van der Waals surface area contributed by atoms with Crippen LogP contribution in [0.5, 0.6) is 0 Å². The number of unbranched alkanes of at least 4 members (excludes halogenated alkanes) is 3. The van der Waals surface area contributed by atoms with E-state index in [2.05, 4.69) is 77.0 Å². The fourth-order valence-electron chi connectivity index (χ4n) is 4.71. The second kappa shape index (κ2) is 18.6. The summed E-state index contributed by atoms with van der Waals surface area (Å²) >= 11 is 0. The lowest BCUT2D eigenvalue weighted by Gasteiger charge is -2.34. The van der Waals surface area contributed by atoms with Crippen molar-refractivity contribution in [2.45, 2.75) is 72.3 Å². The zero-order valence-electron chi connectivity index (χ0n) is 24.7. The van der Waals surface area contributed by atoms with Gasteiger partial charge < -0.3 is 20.9 Å². The summed E-state index contributed by atoms with van der Waals surface area (Å²) in [6, 6.07) is 9.16. The Kier molecular flexibility index (Phi) is 15.5. The molecule has 1 aliphatic heterocycles. The number of nitrogens with zero attached hydrogens (tertiary/aromatic N) is 3. The highest BCUT2D eigenvalue weighted by atomic mass is 15.3. The van der Waals surface area contributed by atoms with Crippen molar-refractivity contribution in [3.05, 3.63) is 71.7 Å². The molecule has 0 atom stereocenters. The van der Waals surface area contributed by atoms with Crippen molar-refractivity contribution in [3.63, 3.8) is 0 Å². The third-order valence-corrected chi connectivity index (χ3v) is 7.25. The van der Waals surface area contributed by atoms with Crippen LogP contribution in [0.15, 0.2) is 65.6 Å². The Balaban J connectivity index is 2.10. The highest BCUT2D eigenvalue weighted by Crippen LogP contribution is 2.22. The van der Waals surface area contributed by atoms with Crippen LogP contribution in [-0.2, 0) is 13.0 Å². The maximum atomic E-state index is 4.94. The van der Waals surface area contributed by atoms with Gasteiger partial charge in [0.05, 0.1) is 5.84 Å². The molecule has 6 heteroatoms. The molecule has 1 aromatic carbocycles. The molecule has 1 heterocycles. The van der Waals surface area contributed by atoms with Crippen molar-refractivity contribution in [2.75, 3.05) is 52.9 Å². The number of allylic oxidation sites excluding steroid dienone is 1. The lowest BCUT2D eigenvalue weighted by atomic mass is 9.98. The monoisotopic (exact) mass is 522 g/mol. The predicted octanol–water partition coefficient (Wildman–Crippen LogP) is 5.46. The van der Waals surface area contributed by atoms with E-state index in [1.165, 1.54) is 55.6 Å². The second-order valence-electron chi connectivity index (χ2n) is 10.4. The lowest BCUT2D eigenvalue weighted by molar-refractivity contribution is 0.125. The Morgan fingerprint density at radius 2 is 1.61 bits per heavy atom. The SMILES string of the molecule is C=CNCCC(/N=C(\C)NC)=C(\Cc1ccc(CN2CCN(CCCCC)CC2)cc1)C(=C)NCCCC. The Bertz CT molecular complexity index is 878. The minimum Gasteiger partial charge on any atom is -0.391 e. The number of amidine groups is 1. The summed E-state index contributed by atoms with van der Waals surface area (Å²) in [6.45, 7) is 23.4. The Morgan fingerprint density at radius 3 is 2.24 bits per heavy atom. The van der Waals surface area contributed by atoms with Gasteiger partial charge in [-0.3, -0.25) is 4.90 Å². The average molecular weight is 523 g/mol. The molecule has 1 aromatic rings. The first kappa shape index (κ1) is 31.6. The molecule has 0 aliphatic carbocycles. The maximum absolute atomic E-state index is 4.94. The molecule has 0 saturated carbocycles. The number of hydrogen-bond donors (Lipinski definition) is 3.